The Bertz CT molecular complexity index is 3460. The molecule has 12 rings (SSSR count). The van der Waals surface area contributed by atoms with Gasteiger partial charge in [0.05, 0.1) is 11.0 Å². The van der Waals surface area contributed by atoms with Gasteiger partial charge in [-0.25, -0.2) is 0 Å². The summed E-state index contributed by atoms with van der Waals surface area (Å²) >= 11 is 3.82. The predicted octanol–water partition coefficient (Wildman–Crippen LogP) is 15.8. The van der Waals surface area contributed by atoms with Gasteiger partial charge in [-0.1, -0.05) is 121 Å². The molecule has 56 heavy (non-hydrogen) atoms. The molecule has 2 nitrogen and oxygen atoms in total. The molecule has 0 spiro atoms. The number of thiophene rings is 2. The van der Waals surface area contributed by atoms with Crippen LogP contribution in [0.5, 0.6) is 0 Å². The van der Waals surface area contributed by atoms with Crippen LogP contribution in [0.1, 0.15) is 0 Å². The molecule has 0 fully saturated rings. The molecule has 3 aromatic heterocycles. The molecule has 0 aliphatic carbocycles. The zero-order valence-electron chi connectivity index (χ0n) is 30.2. The van der Waals surface area contributed by atoms with E-state index in [9.17, 15) is 0 Å². The zero-order chi connectivity index (χ0) is 36.7. The fourth-order valence-corrected chi connectivity index (χ4v) is 11.3. The average molecular weight is 749 g/mol. The summed E-state index contributed by atoms with van der Waals surface area (Å²) in [6.07, 6.45) is 0. The van der Waals surface area contributed by atoms with Gasteiger partial charge in [0, 0.05) is 84.6 Å². The average Bonchev–Trinajstić information content (AvgIpc) is 3.94. The Morgan fingerprint density at radius 3 is 1.59 bits per heavy atom. The lowest BCUT2D eigenvalue weighted by molar-refractivity contribution is 1.18. The van der Waals surface area contributed by atoms with Crippen LogP contribution in [0.4, 0.5) is 17.1 Å². The predicted molar refractivity (Wildman–Crippen MR) is 244 cm³/mol. The van der Waals surface area contributed by atoms with Gasteiger partial charge >= 0.3 is 0 Å². The van der Waals surface area contributed by atoms with E-state index < -0.39 is 0 Å². The maximum absolute atomic E-state index is 2.38. The zero-order valence-corrected chi connectivity index (χ0v) is 31.8. The largest absolute Gasteiger partial charge is 0.310 e. The molecule has 0 atom stereocenters. The summed E-state index contributed by atoms with van der Waals surface area (Å²) < 4.78 is 7.79. The minimum Gasteiger partial charge on any atom is -0.310 e. The van der Waals surface area contributed by atoms with Gasteiger partial charge in [0.2, 0.25) is 0 Å². The van der Waals surface area contributed by atoms with Crippen LogP contribution >= 0.6 is 22.7 Å². The summed E-state index contributed by atoms with van der Waals surface area (Å²) in [5, 5.41) is 10.5. The van der Waals surface area contributed by atoms with Crippen molar-refractivity contribution in [3.63, 3.8) is 0 Å². The lowest BCUT2D eigenvalue weighted by Crippen LogP contribution is -2.09. The molecule has 262 valence electrons. The summed E-state index contributed by atoms with van der Waals surface area (Å²) in [6.45, 7) is 0. The van der Waals surface area contributed by atoms with Crippen molar-refractivity contribution in [3.05, 3.63) is 194 Å². The van der Waals surface area contributed by atoms with Crippen molar-refractivity contribution >= 4 is 113 Å². The molecule has 0 radical (unpaired) electrons. The Kier molecular flexibility index (Phi) is 7.00. The SMILES string of the molecule is c1ccc(N(c2ccc(-c3ccc4c(c3)sc3c4ccc4c3ccc3c5ccccc5sc34)cc2)c2ccc3c(c2)c2ccccc2n3-c2ccccc2)cc1. The molecule has 0 saturated heterocycles. The second-order valence-electron chi connectivity index (χ2n) is 14.5. The molecule has 0 aliphatic heterocycles. The van der Waals surface area contributed by atoms with Crippen LogP contribution in [0, 0.1) is 0 Å². The van der Waals surface area contributed by atoms with Gasteiger partial charge in [0.15, 0.2) is 0 Å². The fourth-order valence-electron chi connectivity index (χ4n) is 8.78. The van der Waals surface area contributed by atoms with Crippen LogP contribution in [0.25, 0.3) is 89.7 Å². The van der Waals surface area contributed by atoms with Gasteiger partial charge in [0.25, 0.3) is 0 Å². The standard InChI is InChI=1S/C52H32N2S2/c1-3-11-35(12-4-1)53(38-24-30-48-46(32-38)39-15-7-9-17-47(39)54(48)36-13-5-2-6-14-36)37-22-19-33(20-23-37)34-21-25-41-43-27-29-44-45(52(43)56-50(41)31-34)28-26-42-40-16-8-10-18-49(40)55-51(42)44/h1-32H. The number of rotatable bonds is 5. The Morgan fingerprint density at radius 2 is 0.839 bits per heavy atom. The Labute approximate surface area is 331 Å². The van der Waals surface area contributed by atoms with Crippen molar-refractivity contribution in [1.29, 1.82) is 0 Å². The van der Waals surface area contributed by atoms with E-state index >= 15 is 0 Å². The van der Waals surface area contributed by atoms with Gasteiger partial charge in [-0.3, -0.25) is 0 Å². The van der Waals surface area contributed by atoms with Crippen molar-refractivity contribution in [2.75, 3.05) is 4.90 Å². The smallest absolute Gasteiger partial charge is 0.0542 e. The summed E-state index contributed by atoms with van der Waals surface area (Å²) in [6, 6.07) is 71.1. The lowest BCUT2D eigenvalue weighted by Gasteiger charge is -2.26. The monoisotopic (exact) mass is 748 g/mol. The molecule has 0 bridgehead atoms. The number of hydrogen-bond acceptors (Lipinski definition) is 3. The van der Waals surface area contributed by atoms with E-state index in [4.69, 9.17) is 0 Å². The highest BCUT2D eigenvalue weighted by atomic mass is 32.1. The van der Waals surface area contributed by atoms with Crippen molar-refractivity contribution in [3.8, 4) is 16.8 Å². The number of nitrogens with zero attached hydrogens (tertiary/aromatic N) is 2. The molecular formula is C52H32N2S2. The normalized spacial score (nSPS) is 11.9. The second-order valence-corrected chi connectivity index (χ2v) is 16.6. The first-order valence-electron chi connectivity index (χ1n) is 19.0. The number of fused-ring (bicyclic) bond motifs is 12. The third-order valence-electron chi connectivity index (χ3n) is 11.4. The lowest BCUT2D eigenvalue weighted by atomic mass is 10.0. The van der Waals surface area contributed by atoms with Gasteiger partial charge in [-0.05, 0) is 83.9 Å². The molecular weight excluding hydrogens is 717 g/mol. The summed E-state index contributed by atoms with van der Waals surface area (Å²) in [7, 11) is 0. The summed E-state index contributed by atoms with van der Waals surface area (Å²) in [5.41, 5.74) is 9.37. The minimum absolute atomic E-state index is 1.12. The van der Waals surface area contributed by atoms with Gasteiger partial charge in [-0.2, -0.15) is 0 Å². The van der Waals surface area contributed by atoms with E-state index in [1.807, 2.05) is 22.7 Å². The Hall–Kier alpha value is -6.72. The number of hydrogen-bond donors (Lipinski definition) is 0. The van der Waals surface area contributed by atoms with E-state index in [0.29, 0.717) is 0 Å². The second kappa shape index (κ2) is 12.4. The van der Waals surface area contributed by atoms with Crippen LogP contribution in [-0.4, -0.2) is 4.57 Å². The van der Waals surface area contributed by atoms with E-state index in [1.54, 1.807) is 0 Å². The first kappa shape index (κ1) is 31.6. The molecule has 12 aromatic rings. The topological polar surface area (TPSA) is 8.17 Å². The van der Waals surface area contributed by atoms with Crippen LogP contribution < -0.4 is 4.90 Å². The maximum Gasteiger partial charge on any atom is 0.0542 e. The highest BCUT2D eigenvalue weighted by Crippen LogP contribution is 2.45. The quantitative estimate of drug-likeness (QED) is 0.170. The Morgan fingerprint density at radius 1 is 0.321 bits per heavy atom. The summed E-state index contributed by atoms with van der Waals surface area (Å²) in [5.74, 6) is 0. The molecule has 0 N–H and O–H groups in total. The highest BCUT2D eigenvalue weighted by Gasteiger charge is 2.18. The van der Waals surface area contributed by atoms with E-state index in [-0.39, 0.29) is 0 Å². The van der Waals surface area contributed by atoms with E-state index in [2.05, 4.69) is 204 Å². The number of benzene rings is 9. The molecule has 0 amide bonds. The molecule has 9 aromatic carbocycles. The van der Waals surface area contributed by atoms with Crippen LogP contribution in [-0.2, 0) is 0 Å². The van der Waals surface area contributed by atoms with E-state index in [1.165, 1.54) is 84.0 Å². The molecule has 0 saturated carbocycles. The molecule has 4 heteroatoms. The van der Waals surface area contributed by atoms with Crippen LogP contribution in [0.15, 0.2) is 194 Å². The van der Waals surface area contributed by atoms with Crippen molar-refractivity contribution in [2.45, 2.75) is 0 Å². The van der Waals surface area contributed by atoms with Crippen molar-refractivity contribution < 1.29 is 0 Å². The maximum atomic E-state index is 2.38. The number of para-hydroxylation sites is 3. The first-order valence-corrected chi connectivity index (χ1v) is 20.6. The molecule has 3 heterocycles. The van der Waals surface area contributed by atoms with Gasteiger partial charge in [0.1, 0.15) is 0 Å². The Balaban J connectivity index is 0.946. The number of aromatic nitrogens is 1. The van der Waals surface area contributed by atoms with Gasteiger partial charge < -0.3 is 9.47 Å². The minimum atomic E-state index is 1.12. The fraction of sp³-hybridized carbons (Fsp3) is 0. The van der Waals surface area contributed by atoms with Crippen molar-refractivity contribution in [2.24, 2.45) is 0 Å². The summed E-state index contributed by atoms with van der Waals surface area (Å²) in [4.78, 5) is 2.37. The molecule has 0 aliphatic rings. The number of anilines is 3. The third-order valence-corrected chi connectivity index (χ3v) is 13.8. The third kappa shape index (κ3) is 4.80. The van der Waals surface area contributed by atoms with Crippen LogP contribution in [0.3, 0.4) is 0 Å². The highest BCUT2D eigenvalue weighted by molar-refractivity contribution is 7.28. The van der Waals surface area contributed by atoms with Crippen molar-refractivity contribution in [1.82, 2.24) is 4.57 Å². The van der Waals surface area contributed by atoms with Gasteiger partial charge in [-0.15, -0.1) is 22.7 Å². The van der Waals surface area contributed by atoms with E-state index in [0.717, 1.165) is 22.7 Å². The molecule has 0 unspecified atom stereocenters. The first-order chi connectivity index (χ1) is 27.8. The van der Waals surface area contributed by atoms with Crippen LogP contribution in [0.2, 0.25) is 0 Å².